The molecule has 0 aromatic heterocycles. The normalized spacial score (nSPS) is 22.1. The minimum Gasteiger partial charge on any atom is -0.364 e. The molecule has 0 N–H and O–H groups in total. The van der Waals surface area contributed by atoms with Gasteiger partial charge < -0.3 is 9.47 Å². The van der Waals surface area contributed by atoms with E-state index in [0.717, 1.165) is 5.56 Å². The van der Waals surface area contributed by atoms with Gasteiger partial charge in [0.15, 0.2) is 0 Å². The Bertz CT molecular complexity index is 573. The molecule has 2 aliphatic heterocycles. The van der Waals surface area contributed by atoms with Crippen molar-refractivity contribution in [3.8, 4) is 0 Å². The Morgan fingerprint density at radius 1 is 1.20 bits per heavy atom. The average molecular weight is 299 g/mol. The molecule has 2 aliphatic rings. The third-order valence-corrected chi connectivity index (χ3v) is 4.98. The summed E-state index contributed by atoms with van der Waals surface area (Å²) in [4.78, 5) is 2.13. The minimum absolute atomic E-state index is 0.0449. The van der Waals surface area contributed by atoms with Crippen molar-refractivity contribution in [1.29, 1.82) is 0 Å². The quantitative estimate of drug-likeness (QED) is 0.763. The van der Waals surface area contributed by atoms with Crippen molar-refractivity contribution in [1.82, 2.24) is 4.90 Å². The van der Waals surface area contributed by atoms with Gasteiger partial charge in [0.25, 0.3) is 10.1 Å². The fourth-order valence-electron chi connectivity index (χ4n) is 2.36. The van der Waals surface area contributed by atoms with Crippen LogP contribution >= 0.6 is 0 Å². The zero-order valence-corrected chi connectivity index (χ0v) is 12.1. The molecule has 2 fully saturated rings. The zero-order chi connectivity index (χ0) is 14.2. The molecule has 3 rings (SSSR count). The predicted octanol–water partition coefficient (Wildman–Crippen LogP) is 0.717. The summed E-state index contributed by atoms with van der Waals surface area (Å²) in [7, 11) is -3.75. The number of benzene rings is 1. The lowest BCUT2D eigenvalue weighted by atomic mass is 10.0. The van der Waals surface area contributed by atoms with Crippen LogP contribution in [0.2, 0.25) is 0 Å². The van der Waals surface area contributed by atoms with Crippen molar-refractivity contribution in [2.75, 3.05) is 33.3 Å². The molecule has 1 aromatic carbocycles. The molecule has 0 unspecified atom stereocenters. The number of fused-ring (bicyclic) bond motifs is 1. The Morgan fingerprint density at radius 3 is 2.40 bits per heavy atom. The Hall–Kier alpha value is -0.990. The number of rotatable bonds is 4. The fraction of sp³-hybridized carbons (Fsp3) is 0.538. The van der Waals surface area contributed by atoms with E-state index in [1.54, 1.807) is 24.3 Å². The SMILES string of the molecule is Cc1ccc(S(=O)(=O)OCC23COCN2COC3)cc1. The summed E-state index contributed by atoms with van der Waals surface area (Å²) in [6.45, 7) is 3.71. The van der Waals surface area contributed by atoms with Crippen LogP contribution in [0.4, 0.5) is 0 Å². The van der Waals surface area contributed by atoms with Crippen molar-refractivity contribution in [3.63, 3.8) is 0 Å². The molecule has 0 aliphatic carbocycles. The average Bonchev–Trinajstić information content (AvgIpc) is 2.96. The van der Waals surface area contributed by atoms with Gasteiger partial charge in [0, 0.05) is 0 Å². The first kappa shape index (κ1) is 14.0. The number of hydrogen-bond acceptors (Lipinski definition) is 6. The highest BCUT2D eigenvalue weighted by Gasteiger charge is 2.47. The monoisotopic (exact) mass is 299 g/mol. The number of nitrogens with zero attached hydrogens (tertiary/aromatic N) is 1. The number of aryl methyl sites for hydroxylation is 1. The maximum atomic E-state index is 12.2. The van der Waals surface area contributed by atoms with Crippen LogP contribution in [0.5, 0.6) is 0 Å². The molecule has 1 aromatic rings. The highest BCUT2D eigenvalue weighted by Crippen LogP contribution is 2.29. The van der Waals surface area contributed by atoms with Crippen molar-refractivity contribution in [2.45, 2.75) is 17.4 Å². The van der Waals surface area contributed by atoms with E-state index in [9.17, 15) is 8.42 Å². The first-order valence-electron chi connectivity index (χ1n) is 6.39. The lowest BCUT2D eigenvalue weighted by molar-refractivity contribution is 0.0694. The molecule has 110 valence electrons. The lowest BCUT2D eigenvalue weighted by Gasteiger charge is -2.26. The van der Waals surface area contributed by atoms with Gasteiger partial charge in [0.1, 0.15) is 13.5 Å². The fourth-order valence-corrected chi connectivity index (χ4v) is 3.34. The maximum Gasteiger partial charge on any atom is 0.297 e. The Morgan fingerprint density at radius 2 is 1.80 bits per heavy atom. The molecule has 7 heteroatoms. The van der Waals surface area contributed by atoms with Crippen molar-refractivity contribution in [3.05, 3.63) is 29.8 Å². The first-order valence-corrected chi connectivity index (χ1v) is 7.79. The van der Waals surface area contributed by atoms with Crippen LogP contribution in [0.25, 0.3) is 0 Å². The molecular weight excluding hydrogens is 282 g/mol. The zero-order valence-electron chi connectivity index (χ0n) is 11.2. The van der Waals surface area contributed by atoms with Crippen LogP contribution in [0.3, 0.4) is 0 Å². The molecule has 0 spiro atoms. The Labute approximate surface area is 118 Å². The van der Waals surface area contributed by atoms with E-state index < -0.39 is 15.7 Å². The molecule has 2 heterocycles. The first-order chi connectivity index (χ1) is 9.52. The van der Waals surface area contributed by atoms with E-state index in [2.05, 4.69) is 0 Å². The molecule has 0 saturated carbocycles. The Kier molecular flexibility index (Phi) is 3.55. The Balaban J connectivity index is 1.72. The van der Waals surface area contributed by atoms with Crippen LogP contribution in [-0.4, -0.2) is 52.1 Å². The number of hydrogen-bond donors (Lipinski definition) is 0. The van der Waals surface area contributed by atoms with Gasteiger partial charge in [-0.1, -0.05) is 17.7 Å². The second kappa shape index (κ2) is 5.09. The molecule has 2 saturated heterocycles. The summed E-state index contributed by atoms with van der Waals surface area (Å²) in [5, 5.41) is 0. The van der Waals surface area contributed by atoms with Gasteiger partial charge in [0.2, 0.25) is 0 Å². The van der Waals surface area contributed by atoms with E-state index in [1.165, 1.54) is 0 Å². The summed E-state index contributed by atoms with van der Waals surface area (Å²) in [5.74, 6) is 0. The largest absolute Gasteiger partial charge is 0.364 e. The van der Waals surface area contributed by atoms with Crippen molar-refractivity contribution >= 4 is 10.1 Å². The predicted molar refractivity (Wildman–Crippen MR) is 70.5 cm³/mol. The standard InChI is InChI=1S/C13H17NO5S/c1-11-2-4-12(5-3-11)20(15,16)19-8-13-6-17-9-14(13)10-18-7-13/h2-5H,6-10H2,1H3. The van der Waals surface area contributed by atoms with Crippen LogP contribution < -0.4 is 0 Å². The second-order valence-corrected chi connectivity index (χ2v) is 6.86. The molecule has 20 heavy (non-hydrogen) atoms. The van der Waals surface area contributed by atoms with Crippen LogP contribution in [0, 0.1) is 6.92 Å². The summed E-state index contributed by atoms with van der Waals surface area (Å²) in [6.07, 6.45) is 0. The molecule has 0 amide bonds. The molecule has 6 nitrogen and oxygen atoms in total. The van der Waals surface area contributed by atoms with E-state index in [4.69, 9.17) is 13.7 Å². The minimum atomic E-state index is -3.75. The highest BCUT2D eigenvalue weighted by atomic mass is 32.2. The van der Waals surface area contributed by atoms with Crippen LogP contribution in [0.1, 0.15) is 5.56 Å². The van der Waals surface area contributed by atoms with Crippen LogP contribution in [-0.2, 0) is 23.8 Å². The summed E-state index contributed by atoms with van der Waals surface area (Å²) < 4.78 is 40.3. The summed E-state index contributed by atoms with van der Waals surface area (Å²) in [5.41, 5.74) is 0.528. The molecule has 0 atom stereocenters. The van der Waals surface area contributed by atoms with Gasteiger partial charge in [-0.05, 0) is 19.1 Å². The summed E-state index contributed by atoms with van der Waals surface area (Å²) >= 11 is 0. The van der Waals surface area contributed by atoms with E-state index in [0.29, 0.717) is 26.7 Å². The molecule has 0 radical (unpaired) electrons. The van der Waals surface area contributed by atoms with Gasteiger partial charge >= 0.3 is 0 Å². The van der Waals surface area contributed by atoms with Crippen LogP contribution in [0.15, 0.2) is 29.2 Å². The van der Waals surface area contributed by atoms with E-state index in [-0.39, 0.29) is 11.5 Å². The molecule has 0 bridgehead atoms. The second-order valence-electron chi connectivity index (χ2n) is 5.25. The van der Waals surface area contributed by atoms with Crippen molar-refractivity contribution < 1.29 is 22.1 Å². The van der Waals surface area contributed by atoms with Gasteiger partial charge in [-0.2, -0.15) is 8.42 Å². The highest BCUT2D eigenvalue weighted by molar-refractivity contribution is 7.86. The van der Waals surface area contributed by atoms with Gasteiger partial charge in [-0.3, -0.25) is 4.18 Å². The summed E-state index contributed by atoms with van der Waals surface area (Å²) in [6, 6.07) is 6.60. The van der Waals surface area contributed by atoms with Gasteiger partial charge in [0.05, 0.1) is 30.3 Å². The van der Waals surface area contributed by atoms with Gasteiger partial charge in [-0.25, -0.2) is 4.90 Å². The van der Waals surface area contributed by atoms with E-state index in [1.807, 2.05) is 11.8 Å². The maximum absolute atomic E-state index is 12.2. The third-order valence-electron chi connectivity index (χ3n) is 3.70. The third kappa shape index (κ3) is 2.47. The lowest BCUT2D eigenvalue weighted by Crippen LogP contribution is -2.47. The smallest absolute Gasteiger partial charge is 0.297 e. The molecular formula is C13H17NO5S. The van der Waals surface area contributed by atoms with Crippen molar-refractivity contribution in [2.24, 2.45) is 0 Å². The topological polar surface area (TPSA) is 65.1 Å². The van der Waals surface area contributed by atoms with Gasteiger partial charge in [-0.15, -0.1) is 0 Å². The van der Waals surface area contributed by atoms with E-state index >= 15 is 0 Å². The number of ether oxygens (including phenoxy) is 2.